The van der Waals surface area contributed by atoms with Gasteiger partial charge in [0.15, 0.2) is 11.6 Å². The first-order valence-electron chi connectivity index (χ1n) is 8.99. The highest BCUT2D eigenvalue weighted by atomic mass is 19.1. The second-order valence-electron chi connectivity index (χ2n) is 6.91. The molecule has 0 N–H and O–H groups in total. The molecule has 1 aromatic heterocycles. The Morgan fingerprint density at radius 2 is 1.85 bits per heavy atom. The number of rotatable bonds is 4. The zero-order chi connectivity index (χ0) is 19.0. The van der Waals surface area contributed by atoms with Gasteiger partial charge in [0.2, 0.25) is 0 Å². The van der Waals surface area contributed by atoms with Crippen LogP contribution >= 0.6 is 0 Å². The van der Waals surface area contributed by atoms with Crippen LogP contribution in [0.15, 0.2) is 42.7 Å². The quantitative estimate of drug-likeness (QED) is 0.693. The molecule has 0 bridgehead atoms. The number of anilines is 1. The van der Waals surface area contributed by atoms with Gasteiger partial charge >= 0.3 is 0 Å². The van der Waals surface area contributed by atoms with Crippen molar-refractivity contribution >= 4 is 16.7 Å². The molecule has 0 spiro atoms. The Bertz CT molecular complexity index is 962. The minimum absolute atomic E-state index is 0.206. The molecule has 0 aliphatic carbocycles. The van der Waals surface area contributed by atoms with Crippen molar-refractivity contribution in [2.45, 2.75) is 25.3 Å². The number of aromatic nitrogens is 2. The molecule has 2 aromatic carbocycles. The molecule has 140 valence electrons. The van der Waals surface area contributed by atoms with Crippen molar-refractivity contribution in [3.8, 4) is 11.5 Å². The molecule has 4 rings (SSSR count). The first-order chi connectivity index (χ1) is 13.1. The van der Waals surface area contributed by atoms with E-state index >= 15 is 0 Å². The van der Waals surface area contributed by atoms with Gasteiger partial charge in [-0.1, -0.05) is 12.1 Å². The van der Waals surface area contributed by atoms with Crippen LogP contribution in [0.4, 0.5) is 10.2 Å². The Morgan fingerprint density at radius 1 is 1.07 bits per heavy atom. The van der Waals surface area contributed by atoms with E-state index in [2.05, 4.69) is 33.9 Å². The highest BCUT2D eigenvalue weighted by Crippen LogP contribution is 2.38. The van der Waals surface area contributed by atoms with Crippen molar-refractivity contribution in [3.05, 3.63) is 54.1 Å². The summed E-state index contributed by atoms with van der Waals surface area (Å²) in [5.74, 6) is 1.87. The summed E-state index contributed by atoms with van der Waals surface area (Å²) in [7, 11) is 3.14. The lowest BCUT2D eigenvalue weighted by molar-refractivity contribution is 0.387. The third-order valence-corrected chi connectivity index (χ3v) is 5.32. The molecule has 1 aliphatic rings. The number of nitrogens with zero attached hydrogens (tertiary/aromatic N) is 3. The van der Waals surface area contributed by atoms with Crippen molar-refractivity contribution in [2.24, 2.45) is 0 Å². The maximum Gasteiger partial charge on any atom is 0.167 e. The fourth-order valence-corrected chi connectivity index (χ4v) is 3.87. The van der Waals surface area contributed by atoms with Crippen LogP contribution in [0.1, 0.15) is 24.8 Å². The van der Waals surface area contributed by atoms with Gasteiger partial charge in [0.25, 0.3) is 0 Å². The molecule has 2 atom stereocenters. The molecule has 1 fully saturated rings. The van der Waals surface area contributed by atoms with Crippen LogP contribution in [0.2, 0.25) is 0 Å². The van der Waals surface area contributed by atoms with E-state index in [0.717, 1.165) is 29.9 Å². The lowest BCUT2D eigenvalue weighted by Crippen LogP contribution is -2.27. The van der Waals surface area contributed by atoms with Gasteiger partial charge in [-0.3, -0.25) is 0 Å². The minimum Gasteiger partial charge on any atom is -0.497 e. The third kappa shape index (κ3) is 3.16. The van der Waals surface area contributed by atoms with E-state index in [-0.39, 0.29) is 5.75 Å². The van der Waals surface area contributed by atoms with Crippen LogP contribution in [-0.2, 0) is 0 Å². The number of methoxy groups -OCH3 is 2. The van der Waals surface area contributed by atoms with Crippen LogP contribution < -0.4 is 14.4 Å². The average Bonchev–Trinajstić information content (AvgIpc) is 3.08. The summed E-state index contributed by atoms with van der Waals surface area (Å²) >= 11 is 0. The zero-order valence-electron chi connectivity index (χ0n) is 15.6. The molecule has 0 radical (unpaired) electrons. The SMILES string of the molecule is COc1ccc(C2CC(C)N(c3ncnc4cc(F)c(OC)cc34)C2)cc1. The molecule has 0 saturated carbocycles. The van der Waals surface area contributed by atoms with E-state index < -0.39 is 5.82 Å². The lowest BCUT2D eigenvalue weighted by atomic mass is 9.97. The van der Waals surface area contributed by atoms with Crippen molar-refractivity contribution in [2.75, 3.05) is 25.7 Å². The Morgan fingerprint density at radius 3 is 2.56 bits per heavy atom. The number of ether oxygens (including phenoxy) is 2. The molecular formula is C21H22FN3O2. The second kappa shape index (κ2) is 7.02. The predicted octanol–water partition coefficient (Wildman–Crippen LogP) is 4.17. The van der Waals surface area contributed by atoms with E-state index in [9.17, 15) is 4.39 Å². The number of fused-ring (bicyclic) bond motifs is 1. The molecular weight excluding hydrogens is 345 g/mol. The summed E-state index contributed by atoms with van der Waals surface area (Å²) in [6.45, 7) is 3.04. The van der Waals surface area contributed by atoms with Crippen molar-refractivity contribution in [1.82, 2.24) is 9.97 Å². The fourth-order valence-electron chi connectivity index (χ4n) is 3.87. The molecule has 1 aliphatic heterocycles. The molecule has 6 heteroatoms. The molecule has 0 amide bonds. The third-order valence-electron chi connectivity index (χ3n) is 5.32. The van der Waals surface area contributed by atoms with Crippen LogP contribution in [-0.4, -0.2) is 36.8 Å². The van der Waals surface area contributed by atoms with Gasteiger partial charge in [0, 0.05) is 30.0 Å². The summed E-state index contributed by atoms with van der Waals surface area (Å²) in [6, 6.07) is 11.6. The van der Waals surface area contributed by atoms with Gasteiger partial charge in [-0.05, 0) is 37.1 Å². The van der Waals surface area contributed by atoms with Crippen LogP contribution in [0.5, 0.6) is 11.5 Å². The maximum atomic E-state index is 14.0. The molecule has 2 heterocycles. The summed E-state index contributed by atoms with van der Waals surface area (Å²) in [6.07, 6.45) is 2.52. The number of hydrogen-bond donors (Lipinski definition) is 0. The Hall–Kier alpha value is -2.89. The number of halogens is 1. The van der Waals surface area contributed by atoms with E-state index in [1.54, 1.807) is 13.2 Å². The smallest absolute Gasteiger partial charge is 0.167 e. The van der Waals surface area contributed by atoms with Gasteiger partial charge in [0.1, 0.15) is 17.9 Å². The first-order valence-corrected chi connectivity index (χ1v) is 8.99. The molecule has 3 aromatic rings. The average molecular weight is 367 g/mol. The van der Waals surface area contributed by atoms with Gasteiger partial charge in [-0.15, -0.1) is 0 Å². The Balaban J connectivity index is 1.68. The van der Waals surface area contributed by atoms with Crippen LogP contribution in [0.3, 0.4) is 0 Å². The highest BCUT2D eigenvalue weighted by Gasteiger charge is 2.32. The normalized spacial score (nSPS) is 19.5. The Kier molecular flexibility index (Phi) is 4.56. The maximum absolute atomic E-state index is 14.0. The number of hydrogen-bond acceptors (Lipinski definition) is 5. The summed E-state index contributed by atoms with van der Waals surface area (Å²) < 4.78 is 24.4. The molecule has 1 saturated heterocycles. The minimum atomic E-state index is -0.416. The van der Waals surface area contributed by atoms with Gasteiger partial charge in [-0.25, -0.2) is 14.4 Å². The van der Waals surface area contributed by atoms with E-state index in [0.29, 0.717) is 17.5 Å². The fraction of sp³-hybridized carbons (Fsp3) is 0.333. The topological polar surface area (TPSA) is 47.5 Å². The summed E-state index contributed by atoms with van der Waals surface area (Å²) in [5, 5.41) is 0.804. The van der Waals surface area contributed by atoms with E-state index in [1.807, 2.05) is 12.1 Å². The largest absolute Gasteiger partial charge is 0.497 e. The highest BCUT2D eigenvalue weighted by molar-refractivity contribution is 5.90. The zero-order valence-corrected chi connectivity index (χ0v) is 15.6. The van der Waals surface area contributed by atoms with Gasteiger partial charge < -0.3 is 14.4 Å². The van der Waals surface area contributed by atoms with Crippen molar-refractivity contribution in [1.29, 1.82) is 0 Å². The van der Waals surface area contributed by atoms with Gasteiger partial charge in [0.05, 0.1) is 19.7 Å². The summed E-state index contributed by atoms with van der Waals surface area (Å²) in [5.41, 5.74) is 1.87. The molecule has 5 nitrogen and oxygen atoms in total. The van der Waals surface area contributed by atoms with Crippen molar-refractivity contribution < 1.29 is 13.9 Å². The van der Waals surface area contributed by atoms with Crippen LogP contribution in [0, 0.1) is 5.82 Å². The predicted molar refractivity (Wildman–Crippen MR) is 103 cm³/mol. The summed E-state index contributed by atoms with van der Waals surface area (Å²) in [4.78, 5) is 11.0. The number of benzene rings is 2. The van der Waals surface area contributed by atoms with E-state index in [4.69, 9.17) is 9.47 Å². The van der Waals surface area contributed by atoms with Crippen LogP contribution in [0.25, 0.3) is 10.9 Å². The monoisotopic (exact) mass is 367 g/mol. The van der Waals surface area contributed by atoms with Gasteiger partial charge in [-0.2, -0.15) is 0 Å². The Labute approximate surface area is 157 Å². The first kappa shape index (κ1) is 17.5. The molecule has 27 heavy (non-hydrogen) atoms. The lowest BCUT2D eigenvalue weighted by Gasteiger charge is -2.24. The second-order valence-corrected chi connectivity index (χ2v) is 6.91. The standard InChI is InChI=1S/C21H22FN3O2/c1-13-8-15(14-4-6-16(26-2)7-5-14)11-25(13)21-17-9-20(27-3)18(22)10-19(17)23-12-24-21/h4-7,9-10,12-13,15H,8,11H2,1-3H3. The molecule has 2 unspecified atom stereocenters. The van der Waals surface area contributed by atoms with E-state index in [1.165, 1.54) is 25.1 Å². The van der Waals surface area contributed by atoms with Crippen molar-refractivity contribution in [3.63, 3.8) is 0 Å².